The lowest BCUT2D eigenvalue weighted by Gasteiger charge is -2.18. The van der Waals surface area contributed by atoms with Crippen molar-refractivity contribution < 1.29 is 66.4 Å². The summed E-state index contributed by atoms with van der Waals surface area (Å²) in [5.41, 5.74) is 21.1. The molecule has 6 aliphatic carbocycles. The van der Waals surface area contributed by atoms with Crippen LogP contribution in [0.3, 0.4) is 0 Å². The lowest BCUT2D eigenvalue weighted by molar-refractivity contribution is -0.116. The third kappa shape index (κ3) is 24.3. The molecule has 0 spiro atoms. The molecule has 3 aromatic carbocycles. The second-order valence-electron chi connectivity index (χ2n) is 34.1. The number of allylic oxidation sites excluding steroid dienone is 24. The number of nitrogens with zero attached hydrogens (tertiary/aromatic N) is 7. The van der Waals surface area contributed by atoms with Gasteiger partial charge < -0.3 is 8.83 Å². The highest BCUT2D eigenvalue weighted by Gasteiger charge is 2.34. The van der Waals surface area contributed by atoms with Crippen LogP contribution in [0.4, 0.5) is 0 Å². The summed E-state index contributed by atoms with van der Waals surface area (Å²) < 4.78 is 13.2. The predicted molar refractivity (Wildman–Crippen MR) is 522 cm³/mol. The van der Waals surface area contributed by atoms with Gasteiger partial charge in [-0.15, -0.1) is 34.0 Å². The van der Waals surface area contributed by atoms with Gasteiger partial charge in [0.15, 0.2) is 86.8 Å². The van der Waals surface area contributed by atoms with Crippen molar-refractivity contribution in [1.82, 2.24) is 24.9 Å². The molecule has 0 saturated heterocycles. The summed E-state index contributed by atoms with van der Waals surface area (Å²) in [5.74, 6) is 1.37. The fourth-order valence-corrected chi connectivity index (χ4v) is 19.3. The van der Waals surface area contributed by atoms with Gasteiger partial charge in [-0.2, -0.15) is 0 Å². The summed E-state index contributed by atoms with van der Waals surface area (Å²) in [7, 11) is 0. The van der Waals surface area contributed by atoms with E-state index in [2.05, 4.69) is 60.0 Å². The third-order valence-electron chi connectivity index (χ3n) is 25.3. The molecular weight excluding hydrogens is 1750 g/mol. The maximum absolute atomic E-state index is 12.4. The van der Waals surface area contributed by atoms with E-state index in [1.165, 1.54) is 21.4 Å². The van der Waals surface area contributed by atoms with E-state index in [0.717, 1.165) is 105 Å². The molecule has 7 aliphatic rings. The Kier molecular flexibility index (Phi) is 35.1. The minimum atomic E-state index is -0.0286. The van der Waals surface area contributed by atoms with E-state index in [0.29, 0.717) is 225 Å². The fraction of sp³-hybridized carbons (Fsp3) is 0.381. The maximum Gasteiger partial charge on any atom is 0.195 e. The number of aliphatic imine (C=N–C) groups is 2. The van der Waals surface area contributed by atoms with E-state index in [1.54, 1.807) is 177 Å². The molecule has 1 aliphatic heterocycles. The van der Waals surface area contributed by atoms with Crippen molar-refractivity contribution in [1.29, 1.82) is 0 Å². The molecule has 0 unspecified atom stereocenters. The summed E-state index contributed by atoms with van der Waals surface area (Å²) >= 11 is 17.1. The van der Waals surface area contributed by atoms with E-state index < -0.39 is 0 Å². The summed E-state index contributed by atoms with van der Waals surface area (Å²) in [6.07, 6.45) is 19.6. The van der Waals surface area contributed by atoms with Crippen LogP contribution in [-0.2, 0) is 89.6 Å². The number of carbonyl (C=O) groups excluding carboxylic acids is 12. The minimum absolute atomic E-state index is 0.00186. The van der Waals surface area contributed by atoms with Crippen LogP contribution < -0.4 is 0 Å². The quantitative estimate of drug-likeness (QED) is 0.0507. The number of ketones is 12. The Morgan fingerprint density at radius 2 is 0.702 bits per heavy atom. The van der Waals surface area contributed by atoms with Gasteiger partial charge in [0.25, 0.3) is 0 Å². The van der Waals surface area contributed by atoms with Gasteiger partial charge in [0.05, 0.1) is 48.2 Å². The summed E-state index contributed by atoms with van der Waals surface area (Å²) in [6, 6.07) is 15.7. The Hall–Kier alpha value is -11.4. The van der Waals surface area contributed by atoms with Crippen molar-refractivity contribution >= 4 is 170 Å². The van der Waals surface area contributed by atoms with Gasteiger partial charge in [-0.25, -0.2) is 29.9 Å². The standard InChI is InChI=1S/C20H20ClNO3.C20H21NO2S.C19H18ClNO2S.C16H19NO2S.C15H18N2O2.C15H17NO3/c1-10-8-17-16(9-15(10)21)22-18(25-17)7-5-6-14-13(4)19(23)11(2)12(3)20(14)24;1-11-8-9-17-16(10-11)21-18(24-17)7-5-6-15-14(4)19(22)12(2)13(3)20(15)23;1-10-11(2)19(23)14(12(3)18(10)22)5-4-6-17-21-15-8-7-13(20)9-16(15)24-17;1-9-8-17-14(20-9)7-5-6-13-12(4)15(18)10(2)11(3)16(13)19;1-9-10(2)15(19)13(11(3)14(9)18)6-4-5-12-7-16-8-17-12;1-9-10(2)15(18)12(11(3)14(9)17)5-4-6-13-16-7-8-19-13/h8-9H,5-7H2,1-4H3;8-10H,5-7H2,1-4H3;7-9H,4-6H2,1-3H3;8H,5-7H2,1-4H3;8H,4-7H2,1-3H3;7-8H,4-6H2,1-3H3. The average Bonchev–Trinajstić information content (AvgIpc) is 1.79. The monoisotopic (exact) mass is 1860 g/mol. The number of hydrogen-bond acceptors (Lipinski definition) is 24. The molecule has 0 radical (unpaired) electrons. The number of thiazole rings is 3. The van der Waals surface area contributed by atoms with E-state index in [9.17, 15) is 57.5 Å². The van der Waals surface area contributed by atoms with Gasteiger partial charge in [-0.3, -0.25) is 62.5 Å². The molecule has 0 bridgehead atoms. The number of carbonyl (C=O) groups is 12. The smallest absolute Gasteiger partial charge is 0.195 e. The van der Waals surface area contributed by atoms with E-state index in [1.807, 2.05) is 44.3 Å². The topological polar surface area (TPSA) is 320 Å². The van der Waals surface area contributed by atoms with Crippen molar-refractivity contribution in [2.75, 3.05) is 6.54 Å². The lowest BCUT2D eigenvalue weighted by atomic mass is 9.84. The summed E-state index contributed by atoms with van der Waals surface area (Å²) in [6.45, 7) is 37.9. The normalized spacial score (nSPS) is 16.6. The summed E-state index contributed by atoms with van der Waals surface area (Å²) in [5, 5.41) is 4.59. The molecule has 26 heteroatoms. The number of benzene rings is 3. The highest BCUT2D eigenvalue weighted by molar-refractivity contribution is 7.19. The van der Waals surface area contributed by atoms with Gasteiger partial charge in [0, 0.05) is 173 Å². The molecule has 21 nitrogen and oxygen atoms in total. The molecule has 0 fully saturated rings. The number of rotatable bonds is 24. The van der Waals surface area contributed by atoms with Crippen LogP contribution in [0.2, 0.25) is 10.0 Å². The lowest BCUT2D eigenvalue weighted by Crippen LogP contribution is -2.20. The second-order valence-corrected chi connectivity index (χ2v) is 38.5. The molecule has 6 heterocycles. The molecule has 684 valence electrons. The first-order valence-corrected chi connectivity index (χ1v) is 47.3. The minimum Gasteiger partial charge on any atom is -0.449 e. The van der Waals surface area contributed by atoms with Crippen LogP contribution in [0.1, 0.15) is 251 Å². The molecule has 8 aromatic rings. The Labute approximate surface area is 787 Å². The van der Waals surface area contributed by atoms with Crippen molar-refractivity contribution in [2.45, 2.75) is 261 Å². The van der Waals surface area contributed by atoms with E-state index in [4.69, 9.17) is 32.0 Å². The molecule has 0 N–H and O–H groups in total. The SMILES string of the molecule is CC1=C(C)C(=O)C(CCCC2=NC=NC2)=C(C)C1=O.CC1=C(C)C(=O)C(CCCc2nc3cc(C)ccc3s2)=C(C)C1=O.CC1=C(C)C(=O)C(CCCc2nc3cc(Cl)c(C)cc3o2)=C(C)C1=O.CC1=C(C)C(=O)C(CCCc2nc3ccc(Cl)cc3s2)=C(C)C1=O.CC1=C(C)C(=O)C(CCCc2ncc(C)s2)=C(C)C1=O.CC1=C(C)C(=O)C(CCCc2ncco2)=C(C)C1=O. The molecule has 0 saturated carbocycles. The van der Waals surface area contributed by atoms with Gasteiger partial charge in [0.2, 0.25) is 0 Å². The van der Waals surface area contributed by atoms with Crippen LogP contribution in [0.15, 0.2) is 220 Å². The number of oxazole rings is 2. The van der Waals surface area contributed by atoms with E-state index in [-0.39, 0.29) is 69.4 Å². The van der Waals surface area contributed by atoms with Crippen LogP contribution in [0.25, 0.3) is 31.5 Å². The van der Waals surface area contributed by atoms with Gasteiger partial charge in [-0.1, -0.05) is 29.3 Å². The Morgan fingerprint density at radius 3 is 1.08 bits per heavy atom. The first kappa shape index (κ1) is 102. The first-order valence-electron chi connectivity index (χ1n) is 44.1. The maximum atomic E-state index is 12.4. The molecule has 15 rings (SSSR count). The molecular formula is C105H113Cl2N7O14S3. The van der Waals surface area contributed by atoms with Crippen molar-refractivity contribution in [2.24, 2.45) is 9.98 Å². The van der Waals surface area contributed by atoms with Crippen LogP contribution >= 0.6 is 57.2 Å². The number of aryl methyl sites for hydroxylation is 8. The zero-order valence-corrected chi connectivity index (χ0v) is 82.7. The van der Waals surface area contributed by atoms with Crippen molar-refractivity contribution in [3.8, 4) is 0 Å². The Morgan fingerprint density at radius 1 is 0.328 bits per heavy atom. The first-order chi connectivity index (χ1) is 62.0. The molecule has 0 amide bonds. The largest absolute Gasteiger partial charge is 0.449 e. The number of hydrogen-bond donors (Lipinski definition) is 0. The fourth-order valence-electron chi connectivity index (χ4n) is 16.1. The van der Waals surface area contributed by atoms with Gasteiger partial charge >= 0.3 is 0 Å². The van der Waals surface area contributed by atoms with Crippen LogP contribution in [0.5, 0.6) is 0 Å². The van der Waals surface area contributed by atoms with Crippen LogP contribution in [-0.4, -0.2) is 113 Å². The highest BCUT2D eigenvalue weighted by Crippen LogP contribution is 2.37. The molecule has 131 heavy (non-hydrogen) atoms. The van der Waals surface area contributed by atoms with Gasteiger partial charge in [0.1, 0.15) is 18.1 Å². The van der Waals surface area contributed by atoms with Crippen molar-refractivity contribution in [3.63, 3.8) is 0 Å². The predicted octanol–water partition coefficient (Wildman–Crippen LogP) is 23.6. The second kappa shape index (κ2) is 45.1. The zero-order valence-electron chi connectivity index (χ0n) is 78.7. The van der Waals surface area contributed by atoms with Crippen molar-refractivity contribution in [3.05, 3.63) is 254 Å². The third-order valence-corrected chi connectivity index (χ3v) is 29.1. The number of halogens is 2. The molecule has 0 atom stereocenters. The highest BCUT2D eigenvalue weighted by atomic mass is 35.5. The number of fused-ring (bicyclic) bond motifs is 3. The number of Topliss-reactive ketones (excluding diaryl/α,β-unsaturated/α-hetero) is 12. The zero-order chi connectivity index (χ0) is 96.0. The van der Waals surface area contributed by atoms with E-state index >= 15 is 0 Å². The van der Waals surface area contributed by atoms with Gasteiger partial charge in [-0.05, 0) is 302 Å². The Balaban J connectivity index is 0.000000164. The Bertz CT molecular complexity index is 6390. The molecule has 5 aromatic heterocycles. The number of aromatic nitrogens is 5. The van der Waals surface area contributed by atoms with Crippen LogP contribution in [0, 0.1) is 20.8 Å². The average molecular weight is 1860 g/mol. The summed E-state index contributed by atoms with van der Waals surface area (Å²) in [4.78, 5) is 178.